The van der Waals surface area contributed by atoms with Gasteiger partial charge in [-0.1, -0.05) is 129 Å². The zero-order valence-corrected chi connectivity index (χ0v) is 30.1. The molecule has 256 valence electrons. The molecule has 0 saturated heterocycles. The molecule has 0 atom stereocenters. The van der Waals surface area contributed by atoms with Crippen LogP contribution in [-0.2, 0) is 5.41 Å². The van der Waals surface area contributed by atoms with Crippen LogP contribution in [0, 0.1) is 0 Å². The minimum atomic E-state index is -0.0897. The van der Waals surface area contributed by atoms with Gasteiger partial charge in [-0.25, -0.2) is 0 Å². The number of aromatic nitrogens is 1. The molecule has 1 aliphatic rings. The number of benzene rings is 8. The third kappa shape index (κ3) is 4.48. The molecule has 0 fully saturated rings. The van der Waals surface area contributed by atoms with E-state index in [2.05, 4.69) is 199 Å². The number of hydrogen-bond acceptors (Lipinski definition) is 2. The average molecular weight is 693 g/mol. The molecular formula is C51H36N2O. The maximum Gasteiger partial charge on any atom is 0.143 e. The summed E-state index contributed by atoms with van der Waals surface area (Å²) in [4.78, 5) is 2.36. The first kappa shape index (κ1) is 30.8. The molecule has 0 bridgehead atoms. The fourth-order valence-corrected chi connectivity index (χ4v) is 9.03. The number of rotatable bonds is 5. The summed E-state index contributed by atoms with van der Waals surface area (Å²) < 4.78 is 9.13. The first-order valence-corrected chi connectivity index (χ1v) is 18.7. The van der Waals surface area contributed by atoms with Gasteiger partial charge >= 0.3 is 0 Å². The monoisotopic (exact) mass is 692 g/mol. The number of fused-ring (bicyclic) bond motifs is 9. The first-order chi connectivity index (χ1) is 26.5. The van der Waals surface area contributed by atoms with Crippen molar-refractivity contribution in [3.05, 3.63) is 193 Å². The molecule has 0 N–H and O–H groups in total. The number of furan rings is 1. The summed E-state index contributed by atoms with van der Waals surface area (Å²) in [6.45, 7) is 4.72. The van der Waals surface area contributed by atoms with Gasteiger partial charge in [0.15, 0.2) is 0 Å². The van der Waals surface area contributed by atoms with Gasteiger partial charge in [-0.05, 0) is 94.5 Å². The van der Waals surface area contributed by atoms with Gasteiger partial charge in [-0.3, -0.25) is 0 Å². The van der Waals surface area contributed by atoms with Gasteiger partial charge in [0.2, 0.25) is 0 Å². The highest BCUT2D eigenvalue weighted by Crippen LogP contribution is 2.51. The van der Waals surface area contributed by atoms with Crippen molar-refractivity contribution in [3.8, 4) is 27.9 Å². The van der Waals surface area contributed by atoms with Crippen LogP contribution < -0.4 is 4.90 Å². The molecule has 54 heavy (non-hydrogen) atoms. The van der Waals surface area contributed by atoms with E-state index in [1.54, 1.807) is 0 Å². The van der Waals surface area contributed by atoms with Crippen molar-refractivity contribution in [2.45, 2.75) is 19.3 Å². The summed E-state index contributed by atoms with van der Waals surface area (Å²) in [6, 6.07) is 65.8. The molecule has 0 unspecified atom stereocenters. The third-order valence-corrected chi connectivity index (χ3v) is 11.5. The van der Waals surface area contributed by atoms with Crippen LogP contribution >= 0.6 is 0 Å². The van der Waals surface area contributed by atoms with Gasteiger partial charge in [0.1, 0.15) is 11.2 Å². The molecule has 11 rings (SSSR count). The standard InChI is InChI=1S/C51H36N2O/c1-51(2)45-25-12-9-20-39(45)43-32-48-44(31-46(43)51)40-21-10-13-26-47(40)53(48)37-29-33(38-23-15-24-42-41-22-11-14-27-49(41)54-50(38)42)28-36(30-37)52(34-16-5-3-6-17-34)35-18-7-4-8-19-35/h3-32H,1-2H3. The van der Waals surface area contributed by atoms with Crippen molar-refractivity contribution >= 4 is 60.8 Å². The molecule has 0 spiro atoms. The lowest BCUT2D eigenvalue weighted by Gasteiger charge is -2.27. The molecular weight excluding hydrogens is 657 g/mol. The number of para-hydroxylation sites is 5. The Labute approximate surface area is 314 Å². The van der Waals surface area contributed by atoms with E-state index in [1.807, 2.05) is 6.07 Å². The van der Waals surface area contributed by atoms with Crippen molar-refractivity contribution in [2.75, 3.05) is 4.90 Å². The van der Waals surface area contributed by atoms with Crippen LogP contribution in [0.15, 0.2) is 186 Å². The highest BCUT2D eigenvalue weighted by molar-refractivity contribution is 6.12. The summed E-state index contributed by atoms with van der Waals surface area (Å²) >= 11 is 0. The highest BCUT2D eigenvalue weighted by Gasteiger charge is 2.36. The van der Waals surface area contributed by atoms with Crippen molar-refractivity contribution < 1.29 is 4.42 Å². The van der Waals surface area contributed by atoms with Gasteiger partial charge in [0, 0.05) is 55.3 Å². The SMILES string of the molecule is CC1(C)c2ccccc2-c2cc3c(cc21)c1ccccc1n3-c1cc(-c2cccc3c2oc2ccccc23)cc(N(c2ccccc2)c2ccccc2)c1. The van der Waals surface area contributed by atoms with Crippen LogP contribution in [-0.4, -0.2) is 4.57 Å². The summed E-state index contributed by atoms with van der Waals surface area (Å²) in [5, 5.41) is 4.75. The summed E-state index contributed by atoms with van der Waals surface area (Å²) in [6.07, 6.45) is 0. The first-order valence-electron chi connectivity index (χ1n) is 18.7. The lowest BCUT2D eigenvalue weighted by molar-refractivity contribution is 0.661. The van der Waals surface area contributed by atoms with E-state index in [-0.39, 0.29) is 5.41 Å². The maximum atomic E-state index is 6.66. The molecule has 3 heteroatoms. The predicted molar refractivity (Wildman–Crippen MR) is 226 cm³/mol. The Bertz CT molecular complexity index is 3040. The minimum Gasteiger partial charge on any atom is -0.455 e. The molecule has 3 nitrogen and oxygen atoms in total. The zero-order valence-electron chi connectivity index (χ0n) is 30.1. The van der Waals surface area contributed by atoms with Gasteiger partial charge in [0.25, 0.3) is 0 Å². The Morgan fingerprint density at radius 3 is 1.89 bits per heavy atom. The van der Waals surface area contributed by atoms with Crippen molar-refractivity contribution in [1.82, 2.24) is 4.57 Å². The Morgan fingerprint density at radius 2 is 1.09 bits per heavy atom. The quantitative estimate of drug-likeness (QED) is 0.179. The molecule has 2 aromatic heterocycles. The average Bonchev–Trinajstić information content (AvgIpc) is 3.83. The van der Waals surface area contributed by atoms with E-state index in [0.29, 0.717) is 0 Å². The van der Waals surface area contributed by atoms with Crippen molar-refractivity contribution in [3.63, 3.8) is 0 Å². The van der Waals surface area contributed by atoms with Gasteiger partial charge in [-0.2, -0.15) is 0 Å². The Balaban J connectivity index is 1.24. The normalized spacial score (nSPS) is 13.1. The predicted octanol–water partition coefficient (Wildman–Crippen LogP) is 14.1. The molecule has 0 saturated carbocycles. The highest BCUT2D eigenvalue weighted by atomic mass is 16.3. The zero-order chi connectivity index (χ0) is 36.0. The molecule has 0 aliphatic heterocycles. The molecule has 0 amide bonds. The van der Waals surface area contributed by atoms with E-state index in [4.69, 9.17) is 4.42 Å². The van der Waals surface area contributed by atoms with Crippen LogP contribution in [0.4, 0.5) is 17.1 Å². The van der Waals surface area contributed by atoms with E-state index in [0.717, 1.165) is 55.8 Å². The van der Waals surface area contributed by atoms with Crippen molar-refractivity contribution in [1.29, 1.82) is 0 Å². The minimum absolute atomic E-state index is 0.0897. The topological polar surface area (TPSA) is 21.3 Å². The number of anilines is 3. The molecule has 0 radical (unpaired) electrons. The van der Waals surface area contributed by atoms with Crippen molar-refractivity contribution in [2.24, 2.45) is 0 Å². The maximum absolute atomic E-state index is 6.66. The van der Waals surface area contributed by atoms with Crippen LogP contribution in [0.3, 0.4) is 0 Å². The number of hydrogen-bond donors (Lipinski definition) is 0. The van der Waals surface area contributed by atoms with E-state index in [1.165, 1.54) is 44.1 Å². The second-order valence-electron chi connectivity index (χ2n) is 15.0. The smallest absolute Gasteiger partial charge is 0.143 e. The molecule has 10 aromatic rings. The van der Waals surface area contributed by atoms with Gasteiger partial charge in [0.05, 0.1) is 11.0 Å². The fraction of sp³-hybridized carbons (Fsp3) is 0.0588. The molecule has 2 heterocycles. The second-order valence-corrected chi connectivity index (χ2v) is 15.0. The van der Waals surface area contributed by atoms with Gasteiger partial charge < -0.3 is 13.9 Å². The van der Waals surface area contributed by atoms with Gasteiger partial charge in [-0.15, -0.1) is 0 Å². The fourth-order valence-electron chi connectivity index (χ4n) is 9.03. The second kappa shape index (κ2) is 11.6. The molecule has 1 aliphatic carbocycles. The Kier molecular flexibility index (Phi) is 6.60. The lowest BCUT2D eigenvalue weighted by atomic mass is 9.82. The summed E-state index contributed by atoms with van der Waals surface area (Å²) in [7, 11) is 0. The van der Waals surface area contributed by atoms with Crippen LogP contribution in [0.25, 0.3) is 71.7 Å². The lowest BCUT2D eigenvalue weighted by Crippen LogP contribution is -2.14. The Morgan fingerprint density at radius 1 is 0.444 bits per heavy atom. The van der Waals surface area contributed by atoms with Crippen LogP contribution in [0.1, 0.15) is 25.0 Å². The van der Waals surface area contributed by atoms with Crippen LogP contribution in [0.5, 0.6) is 0 Å². The summed E-state index contributed by atoms with van der Waals surface area (Å²) in [5.41, 5.74) is 15.9. The van der Waals surface area contributed by atoms with E-state index in [9.17, 15) is 0 Å². The van der Waals surface area contributed by atoms with E-state index < -0.39 is 0 Å². The molecule has 8 aromatic carbocycles. The summed E-state index contributed by atoms with van der Waals surface area (Å²) in [5.74, 6) is 0. The largest absolute Gasteiger partial charge is 0.455 e. The van der Waals surface area contributed by atoms with E-state index >= 15 is 0 Å². The third-order valence-electron chi connectivity index (χ3n) is 11.5. The number of nitrogens with zero attached hydrogens (tertiary/aromatic N) is 2. The van der Waals surface area contributed by atoms with Crippen LogP contribution in [0.2, 0.25) is 0 Å². The Hall–Kier alpha value is -6.84.